The Morgan fingerprint density at radius 3 is 1.10 bits per heavy atom. The first-order valence-corrected chi connectivity index (χ1v) is 21.3. The van der Waals surface area contributed by atoms with E-state index in [2.05, 4.69) is 241 Å². The fraction of sp³-hybridized carbons (Fsp3) is 0.0333. The molecule has 2 bridgehead atoms. The number of fused-ring (bicyclic) bond motifs is 1. The minimum atomic E-state index is 0.158. The summed E-state index contributed by atoms with van der Waals surface area (Å²) in [6, 6.07) is 87.2. The second kappa shape index (κ2) is 14.5. The molecule has 0 aliphatic heterocycles. The van der Waals surface area contributed by atoms with E-state index in [1.54, 1.807) is 0 Å². The summed E-state index contributed by atoms with van der Waals surface area (Å²) in [6.45, 7) is 0. The molecule has 0 spiro atoms. The van der Waals surface area contributed by atoms with Gasteiger partial charge in [0.05, 0.1) is 0 Å². The summed E-state index contributed by atoms with van der Waals surface area (Å²) in [6.07, 6.45) is 0. The van der Waals surface area contributed by atoms with Gasteiger partial charge in [0.2, 0.25) is 0 Å². The third-order valence-corrected chi connectivity index (χ3v) is 13.0. The Bertz CT molecular complexity index is 3170. The smallest absolute Gasteiger partial charge is 0.0468 e. The second-order valence-electron chi connectivity index (χ2n) is 16.4. The minimum Gasteiger partial charge on any atom is -0.310 e. The van der Waals surface area contributed by atoms with Crippen molar-refractivity contribution in [3.8, 4) is 44.5 Å². The monoisotopic (exact) mass is 775 g/mol. The van der Waals surface area contributed by atoms with Gasteiger partial charge in [-0.05, 0) is 131 Å². The van der Waals surface area contributed by atoms with E-state index in [9.17, 15) is 0 Å². The molecule has 0 amide bonds. The zero-order chi connectivity index (χ0) is 40.3. The molecule has 1 heteroatoms. The summed E-state index contributed by atoms with van der Waals surface area (Å²) < 4.78 is 0. The van der Waals surface area contributed by atoms with Gasteiger partial charge < -0.3 is 4.90 Å². The Kier molecular flexibility index (Phi) is 8.38. The molecule has 1 nitrogen and oxygen atoms in total. The molecule has 3 aliphatic rings. The van der Waals surface area contributed by atoms with Crippen molar-refractivity contribution in [2.24, 2.45) is 0 Å². The van der Waals surface area contributed by atoms with E-state index in [1.165, 1.54) is 88.7 Å². The molecule has 10 aromatic carbocycles. The maximum absolute atomic E-state index is 2.39. The standard InChI is InChI=1S/C60H41N/c1-4-14-40(15-5-1)42-26-31-48(32-27-42)61(50-35-30-46-38-45(24-25-47(46)39-50)41-16-6-2-7-17-41)49-33-28-44(29-34-49)52-37-36-51(43-18-8-3-9-19-43)59-57-53-20-10-12-22-55(53)58(60(52)59)56-23-13-11-21-54(56)57/h1-39,57-58H. The first kappa shape index (κ1) is 35.2. The summed E-state index contributed by atoms with van der Waals surface area (Å²) >= 11 is 0. The van der Waals surface area contributed by atoms with Crippen LogP contribution in [-0.2, 0) is 0 Å². The van der Waals surface area contributed by atoms with Crippen LogP contribution in [0.25, 0.3) is 55.3 Å². The van der Waals surface area contributed by atoms with Gasteiger partial charge in [-0.1, -0.05) is 194 Å². The molecule has 61 heavy (non-hydrogen) atoms. The third-order valence-electron chi connectivity index (χ3n) is 13.0. The first-order chi connectivity index (χ1) is 30.3. The summed E-state index contributed by atoms with van der Waals surface area (Å²) in [4.78, 5) is 2.39. The highest BCUT2D eigenvalue weighted by molar-refractivity contribution is 5.93. The zero-order valence-electron chi connectivity index (χ0n) is 33.6. The molecule has 3 aliphatic carbocycles. The highest BCUT2D eigenvalue weighted by atomic mass is 15.1. The van der Waals surface area contributed by atoms with E-state index in [0.29, 0.717) is 0 Å². The van der Waals surface area contributed by atoms with Gasteiger partial charge in [0.25, 0.3) is 0 Å². The summed E-state index contributed by atoms with van der Waals surface area (Å²) in [5.41, 5.74) is 22.0. The summed E-state index contributed by atoms with van der Waals surface area (Å²) in [5.74, 6) is 0.332. The lowest BCUT2D eigenvalue weighted by atomic mass is 9.58. The molecule has 0 radical (unpaired) electrons. The van der Waals surface area contributed by atoms with E-state index in [-0.39, 0.29) is 11.8 Å². The Labute approximate surface area is 357 Å². The number of benzene rings is 10. The number of anilines is 3. The van der Waals surface area contributed by atoms with Crippen LogP contribution in [0.4, 0.5) is 17.1 Å². The van der Waals surface area contributed by atoms with Crippen molar-refractivity contribution in [3.05, 3.63) is 270 Å². The van der Waals surface area contributed by atoms with Crippen molar-refractivity contribution in [3.63, 3.8) is 0 Å². The molecule has 0 N–H and O–H groups in total. The fourth-order valence-electron chi connectivity index (χ4n) is 10.3. The molecular weight excluding hydrogens is 735 g/mol. The second-order valence-corrected chi connectivity index (χ2v) is 16.4. The number of hydrogen-bond donors (Lipinski definition) is 0. The molecule has 0 saturated heterocycles. The average Bonchev–Trinajstić information content (AvgIpc) is 3.34. The van der Waals surface area contributed by atoms with Crippen LogP contribution in [0.1, 0.15) is 45.2 Å². The molecule has 0 unspecified atom stereocenters. The lowest BCUT2D eigenvalue weighted by Crippen LogP contribution is -2.28. The van der Waals surface area contributed by atoms with Crippen LogP contribution >= 0.6 is 0 Å². The van der Waals surface area contributed by atoms with E-state index in [4.69, 9.17) is 0 Å². The predicted octanol–water partition coefficient (Wildman–Crippen LogP) is 16.0. The third kappa shape index (κ3) is 5.93. The lowest BCUT2D eigenvalue weighted by molar-refractivity contribution is 0.757. The van der Waals surface area contributed by atoms with Gasteiger partial charge in [0.15, 0.2) is 0 Å². The maximum atomic E-state index is 2.39. The van der Waals surface area contributed by atoms with Gasteiger partial charge in [-0.2, -0.15) is 0 Å². The summed E-state index contributed by atoms with van der Waals surface area (Å²) in [7, 11) is 0. The Morgan fingerprint density at radius 1 is 0.246 bits per heavy atom. The van der Waals surface area contributed by atoms with E-state index in [0.717, 1.165) is 17.1 Å². The van der Waals surface area contributed by atoms with Crippen LogP contribution in [0, 0.1) is 0 Å². The lowest BCUT2D eigenvalue weighted by Gasteiger charge is -2.44. The quantitative estimate of drug-likeness (QED) is 0.156. The van der Waals surface area contributed by atoms with Gasteiger partial charge in [-0.3, -0.25) is 0 Å². The molecule has 0 heterocycles. The Hall–Kier alpha value is -7.74. The van der Waals surface area contributed by atoms with Gasteiger partial charge in [0, 0.05) is 28.9 Å². The Balaban J connectivity index is 0.991. The highest BCUT2D eigenvalue weighted by Gasteiger charge is 2.43. The minimum absolute atomic E-state index is 0.158. The number of rotatable bonds is 7. The van der Waals surface area contributed by atoms with Gasteiger partial charge in [-0.25, -0.2) is 0 Å². The molecule has 0 saturated carbocycles. The number of nitrogens with zero attached hydrogens (tertiary/aromatic N) is 1. The normalized spacial score (nSPS) is 14.6. The van der Waals surface area contributed by atoms with Gasteiger partial charge in [-0.15, -0.1) is 0 Å². The number of hydrogen-bond acceptors (Lipinski definition) is 1. The van der Waals surface area contributed by atoms with Crippen molar-refractivity contribution >= 4 is 27.8 Å². The SMILES string of the molecule is c1ccc(-c2ccc(N(c3ccc(-c4ccc(-c5ccccc5)c5c4C4c6ccccc6C5c5ccccc54)cc3)c3ccc4cc(-c5ccccc5)ccc4c3)cc2)cc1. The zero-order valence-corrected chi connectivity index (χ0v) is 33.6. The van der Waals surface area contributed by atoms with Crippen LogP contribution in [0.3, 0.4) is 0 Å². The summed E-state index contributed by atoms with van der Waals surface area (Å²) in [5, 5.41) is 2.43. The molecule has 0 atom stereocenters. The van der Waals surface area contributed by atoms with Crippen molar-refractivity contribution in [1.29, 1.82) is 0 Å². The van der Waals surface area contributed by atoms with Crippen molar-refractivity contribution in [1.82, 2.24) is 0 Å². The molecule has 0 aromatic heterocycles. The maximum Gasteiger partial charge on any atom is 0.0468 e. The van der Waals surface area contributed by atoms with Crippen molar-refractivity contribution in [2.75, 3.05) is 4.90 Å². The Morgan fingerprint density at radius 2 is 0.590 bits per heavy atom. The van der Waals surface area contributed by atoms with Crippen LogP contribution in [0.5, 0.6) is 0 Å². The van der Waals surface area contributed by atoms with Crippen molar-refractivity contribution in [2.45, 2.75) is 11.8 Å². The van der Waals surface area contributed by atoms with Crippen LogP contribution in [-0.4, -0.2) is 0 Å². The first-order valence-electron chi connectivity index (χ1n) is 21.3. The molecule has 10 aromatic rings. The van der Waals surface area contributed by atoms with E-state index < -0.39 is 0 Å². The van der Waals surface area contributed by atoms with Crippen LogP contribution in [0.15, 0.2) is 237 Å². The highest BCUT2D eigenvalue weighted by Crippen LogP contribution is 2.59. The molecular formula is C60H41N. The van der Waals surface area contributed by atoms with Crippen LogP contribution in [0.2, 0.25) is 0 Å². The molecule has 13 rings (SSSR count). The van der Waals surface area contributed by atoms with Crippen LogP contribution < -0.4 is 4.90 Å². The molecule has 286 valence electrons. The van der Waals surface area contributed by atoms with Gasteiger partial charge in [0.1, 0.15) is 0 Å². The predicted molar refractivity (Wildman–Crippen MR) is 255 cm³/mol. The average molecular weight is 776 g/mol. The van der Waals surface area contributed by atoms with E-state index >= 15 is 0 Å². The fourth-order valence-corrected chi connectivity index (χ4v) is 10.3. The van der Waals surface area contributed by atoms with E-state index in [1.807, 2.05) is 0 Å². The van der Waals surface area contributed by atoms with Crippen molar-refractivity contribution < 1.29 is 0 Å². The largest absolute Gasteiger partial charge is 0.310 e. The van der Waals surface area contributed by atoms with Gasteiger partial charge >= 0.3 is 0 Å². The topological polar surface area (TPSA) is 3.24 Å². The molecule has 0 fully saturated rings.